The number of amides is 1. The number of hydrogen-bond acceptors (Lipinski definition) is 3. The molecule has 94 valence electrons. The summed E-state index contributed by atoms with van der Waals surface area (Å²) in [6, 6.07) is 0. The van der Waals surface area contributed by atoms with Gasteiger partial charge in [-0.3, -0.25) is 4.79 Å². The maximum Gasteiger partial charge on any atom is 0.246 e. The highest BCUT2D eigenvalue weighted by Gasteiger charge is 2.32. The van der Waals surface area contributed by atoms with Crippen LogP contribution in [0.4, 0.5) is 0 Å². The molecule has 0 aromatic heterocycles. The number of carbonyl (C=O) groups is 1. The first-order chi connectivity index (χ1) is 7.66. The Hall–Kier alpha value is -0.610. The van der Waals surface area contributed by atoms with E-state index < -0.39 is 0 Å². The highest BCUT2D eigenvalue weighted by molar-refractivity contribution is 5.77. The largest absolute Gasteiger partial charge is 0.363 e. The standard InChI is InChI=1S/C12H24N2O2/c1-3-4-5-6-7-14-11(15)8-16-12(2)9-13-10-12/h13H,3-10H2,1-2H3,(H,14,15). The van der Waals surface area contributed by atoms with Gasteiger partial charge in [-0.05, 0) is 13.3 Å². The molecule has 0 bridgehead atoms. The molecule has 16 heavy (non-hydrogen) atoms. The maximum atomic E-state index is 11.4. The minimum Gasteiger partial charge on any atom is -0.363 e. The first-order valence-electron chi connectivity index (χ1n) is 6.28. The molecule has 2 N–H and O–H groups in total. The van der Waals surface area contributed by atoms with E-state index in [1.54, 1.807) is 0 Å². The Balaban J connectivity index is 1.94. The second-order valence-corrected chi connectivity index (χ2v) is 4.75. The summed E-state index contributed by atoms with van der Waals surface area (Å²) in [5.74, 6) is 0.00428. The number of ether oxygens (including phenoxy) is 1. The molecule has 0 spiro atoms. The molecule has 0 unspecified atom stereocenters. The molecule has 0 aliphatic carbocycles. The van der Waals surface area contributed by atoms with Crippen LogP contribution in [0.15, 0.2) is 0 Å². The van der Waals surface area contributed by atoms with Gasteiger partial charge in [0.25, 0.3) is 0 Å². The number of nitrogens with one attached hydrogen (secondary N) is 2. The van der Waals surface area contributed by atoms with Crippen molar-refractivity contribution in [3.63, 3.8) is 0 Å². The number of carbonyl (C=O) groups excluding carboxylic acids is 1. The van der Waals surface area contributed by atoms with Crippen LogP contribution in [-0.4, -0.2) is 37.7 Å². The highest BCUT2D eigenvalue weighted by atomic mass is 16.5. The van der Waals surface area contributed by atoms with Gasteiger partial charge in [-0.25, -0.2) is 0 Å². The van der Waals surface area contributed by atoms with Gasteiger partial charge < -0.3 is 15.4 Å². The summed E-state index contributed by atoms with van der Waals surface area (Å²) >= 11 is 0. The van der Waals surface area contributed by atoms with Crippen LogP contribution in [0.5, 0.6) is 0 Å². The SMILES string of the molecule is CCCCCCNC(=O)COC1(C)CNC1. The zero-order valence-corrected chi connectivity index (χ0v) is 10.5. The van der Waals surface area contributed by atoms with Crippen molar-refractivity contribution in [2.75, 3.05) is 26.2 Å². The zero-order valence-electron chi connectivity index (χ0n) is 10.5. The van der Waals surface area contributed by atoms with Crippen molar-refractivity contribution in [2.45, 2.75) is 45.1 Å². The van der Waals surface area contributed by atoms with Crippen molar-refractivity contribution < 1.29 is 9.53 Å². The lowest BCUT2D eigenvalue weighted by Gasteiger charge is -2.38. The van der Waals surface area contributed by atoms with E-state index in [4.69, 9.17) is 4.74 Å². The minimum absolute atomic E-state index is 0.00428. The van der Waals surface area contributed by atoms with Gasteiger partial charge in [-0.1, -0.05) is 26.2 Å². The number of rotatable bonds is 8. The first-order valence-corrected chi connectivity index (χ1v) is 6.28. The summed E-state index contributed by atoms with van der Waals surface area (Å²) in [7, 11) is 0. The van der Waals surface area contributed by atoms with Gasteiger partial charge >= 0.3 is 0 Å². The third-order valence-corrected chi connectivity index (χ3v) is 2.90. The molecule has 1 heterocycles. The predicted octanol–water partition coefficient (Wildman–Crippen LogP) is 1.06. The van der Waals surface area contributed by atoms with Crippen LogP contribution in [0.2, 0.25) is 0 Å². The third-order valence-electron chi connectivity index (χ3n) is 2.90. The van der Waals surface area contributed by atoms with E-state index in [-0.39, 0.29) is 18.1 Å². The van der Waals surface area contributed by atoms with E-state index in [0.29, 0.717) is 0 Å². The van der Waals surface area contributed by atoms with Crippen LogP contribution in [0.1, 0.15) is 39.5 Å². The Bertz CT molecular complexity index is 215. The average Bonchev–Trinajstić information content (AvgIpc) is 2.23. The average molecular weight is 228 g/mol. The van der Waals surface area contributed by atoms with Crippen molar-refractivity contribution in [3.05, 3.63) is 0 Å². The van der Waals surface area contributed by atoms with Gasteiger partial charge in [-0.2, -0.15) is 0 Å². The monoisotopic (exact) mass is 228 g/mol. The second-order valence-electron chi connectivity index (χ2n) is 4.75. The quantitative estimate of drug-likeness (QED) is 0.611. The Morgan fingerprint density at radius 2 is 2.12 bits per heavy atom. The summed E-state index contributed by atoms with van der Waals surface area (Å²) in [5.41, 5.74) is -0.125. The molecule has 0 radical (unpaired) electrons. The molecule has 0 atom stereocenters. The van der Waals surface area contributed by atoms with Crippen LogP contribution in [0.25, 0.3) is 0 Å². The first kappa shape index (κ1) is 13.5. The zero-order chi connectivity index (χ0) is 11.9. The Kier molecular flexibility index (Phi) is 5.77. The summed E-state index contributed by atoms with van der Waals surface area (Å²) in [4.78, 5) is 11.4. The fraction of sp³-hybridized carbons (Fsp3) is 0.917. The molecule has 4 nitrogen and oxygen atoms in total. The topological polar surface area (TPSA) is 50.4 Å². The molecular weight excluding hydrogens is 204 g/mol. The van der Waals surface area contributed by atoms with E-state index in [1.807, 2.05) is 6.92 Å². The predicted molar refractivity (Wildman–Crippen MR) is 64.4 cm³/mol. The maximum absolute atomic E-state index is 11.4. The van der Waals surface area contributed by atoms with Gasteiger partial charge in [0, 0.05) is 19.6 Å². The van der Waals surface area contributed by atoms with Crippen molar-refractivity contribution in [1.82, 2.24) is 10.6 Å². The molecule has 1 rings (SSSR count). The van der Waals surface area contributed by atoms with Crippen molar-refractivity contribution >= 4 is 5.91 Å². The van der Waals surface area contributed by atoms with Crippen LogP contribution in [-0.2, 0) is 9.53 Å². The smallest absolute Gasteiger partial charge is 0.246 e. The molecule has 1 fully saturated rings. The van der Waals surface area contributed by atoms with Gasteiger partial charge in [-0.15, -0.1) is 0 Å². The van der Waals surface area contributed by atoms with Crippen LogP contribution in [0.3, 0.4) is 0 Å². The van der Waals surface area contributed by atoms with Crippen molar-refractivity contribution in [3.8, 4) is 0 Å². The van der Waals surface area contributed by atoms with E-state index in [0.717, 1.165) is 26.1 Å². The molecular formula is C12H24N2O2. The second kappa shape index (κ2) is 6.86. The minimum atomic E-state index is -0.125. The molecule has 4 heteroatoms. The molecule has 0 aromatic rings. The molecule has 1 aliphatic heterocycles. The van der Waals surface area contributed by atoms with Gasteiger partial charge in [0.1, 0.15) is 6.61 Å². The Morgan fingerprint density at radius 1 is 1.38 bits per heavy atom. The normalized spacial score (nSPS) is 17.9. The highest BCUT2D eigenvalue weighted by Crippen LogP contribution is 2.14. The molecule has 1 aliphatic rings. The van der Waals surface area contributed by atoms with Crippen LogP contribution >= 0.6 is 0 Å². The van der Waals surface area contributed by atoms with Crippen LogP contribution < -0.4 is 10.6 Å². The van der Waals surface area contributed by atoms with E-state index >= 15 is 0 Å². The fourth-order valence-corrected chi connectivity index (χ4v) is 1.65. The summed E-state index contributed by atoms with van der Waals surface area (Å²) < 4.78 is 5.53. The van der Waals surface area contributed by atoms with Gasteiger partial charge in [0.05, 0.1) is 5.60 Å². The van der Waals surface area contributed by atoms with Gasteiger partial charge in [0.2, 0.25) is 5.91 Å². The van der Waals surface area contributed by atoms with E-state index in [2.05, 4.69) is 17.6 Å². The molecule has 0 aromatic carbocycles. The van der Waals surface area contributed by atoms with Crippen molar-refractivity contribution in [1.29, 1.82) is 0 Å². The lowest BCUT2D eigenvalue weighted by molar-refractivity contribution is -0.135. The molecule has 0 saturated carbocycles. The number of hydrogen-bond donors (Lipinski definition) is 2. The van der Waals surface area contributed by atoms with Gasteiger partial charge in [0.15, 0.2) is 0 Å². The van der Waals surface area contributed by atoms with E-state index in [9.17, 15) is 4.79 Å². The van der Waals surface area contributed by atoms with Crippen LogP contribution in [0, 0.1) is 0 Å². The fourth-order valence-electron chi connectivity index (χ4n) is 1.65. The van der Waals surface area contributed by atoms with E-state index in [1.165, 1.54) is 19.3 Å². The molecule has 1 saturated heterocycles. The summed E-state index contributed by atoms with van der Waals surface area (Å²) in [6.45, 7) is 6.86. The third kappa shape index (κ3) is 4.94. The van der Waals surface area contributed by atoms with Crippen molar-refractivity contribution in [2.24, 2.45) is 0 Å². The lowest BCUT2D eigenvalue weighted by atomic mass is 10.0. The Morgan fingerprint density at radius 3 is 2.69 bits per heavy atom. The molecule has 1 amide bonds. The summed E-state index contributed by atoms with van der Waals surface area (Å²) in [5, 5.41) is 6.01. The number of unbranched alkanes of at least 4 members (excludes halogenated alkanes) is 3. The summed E-state index contributed by atoms with van der Waals surface area (Å²) in [6.07, 6.45) is 4.73. The lowest BCUT2D eigenvalue weighted by Crippen LogP contribution is -2.59. The Labute approximate surface area is 98.1 Å².